The van der Waals surface area contributed by atoms with E-state index in [0.717, 1.165) is 23.3 Å². The molecule has 27 heavy (non-hydrogen) atoms. The molecule has 0 unspecified atom stereocenters. The zero-order valence-electron chi connectivity index (χ0n) is 15.6. The van der Waals surface area contributed by atoms with Gasteiger partial charge >= 0.3 is 0 Å². The first-order chi connectivity index (χ1) is 12.6. The Balaban J connectivity index is 2.32. The lowest BCUT2D eigenvalue weighted by molar-refractivity contribution is -0.120. The number of amides is 2. The van der Waals surface area contributed by atoms with Crippen LogP contribution in [0.15, 0.2) is 30.3 Å². The number of carbonyl (C=O) groups is 2. The van der Waals surface area contributed by atoms with Crippen LogP contribution in [-0.4, -0.2) is 18.4 Å². The number of aryl methyl sites for hydroxylation is 1. The number of halogens is 3. The van der Waals surface area contributed by atoms with Crippen molar-refractivity contribution >= 4 is 23.2 Å². The second-order valence-electron chi connectivity index (χ2n) is 6.54. The van der Waals surface area contributed by atoms with Crippen LogP contribution in [0.25, 0.3) is 0 Å². The zero-order valence-corrected chi connectivity index (χ0v) is 15.6. The molecule has 0 aliphatic carbocycles. The smallest absolute Gasteiger partial charge is 0.244 e. The van der Waals surface area contributed by atoms with Gasteiger partial charge in [0.2, 0.25) is 11.8 Å². The van der Waals surface area contributed by atoms with Crippen molar-refractivity contribution in [3.05, 3.63) is 58.9 Å². The Morgan fingerprint density at radius 3 is 2.33 bits per heavy atom. The summed E-state index contributed by atoms with van der Waals surface area (Å²) in [6.07, 6.45) is 0. The van der Waals surface area contributed by atoms with E-state index in [9.17, 15) is 22.8 Å². The van der Waals surface area contributed by atoms with Crippen molar-refractivity contribution in [1.29, 1.82) is 0 Å². The summed E-state index contributed by atoms with van der Waals surface area (Å²) in [7, 11) is 0. The predicted octanol–water partition coefficient (Wildman–Crippen LogP) is 4.53. The van der Waals surface area contributed by atoms with Crippen molar-refractivity contribution in [3.63, 3.8) is 0 Å². The van der Waals surface area contributed by atoms with Crippen molar-refractivity contribution in [1.82, 2.24) is 0 Å². The molecule has 0 bridgehead atoms. The van der Waals surface area contributed by atoms with Crippen LogP contribution < -0.4 is 10.2 Å². The molecule has 1 N–H and O–H groups in total. The third kappa shape index (κ3) is 4.48. The van der Waals surface area contributed by atoms with E-state index in [1.165, 1.54) is 11.8 Å². The lowest BCUT2D eigenvalue weighted by atomic mass is 9.97. The predicted molar refractivity (Wildman–Crippen MR) is 98.2 cm³/mol. The number of rotatable bonds is 5. The van der Waals surface area contributed by atoms with Gasteiger partial charge in [0, 0.05) is 6.92 Å². The summed E-state index contributed by atoms with van der Waals surface area (Å²) >= 11 is 0. The summed E-state index contributed by atoms with van der Waals surface area (Å²) in [5, 5.41) is 2.19. The molecule has 2 amide bonds. The van der Waals surface area contributed by atoms with Crippen molar-refractivity contribution < 1.29 is 22.8 Å². The minimum atomic E-state index is -1.67. The maximum atomic E-state index is 13.8. The first kappa shape index (κ1) is 20.5. The number of hydrogen-bond acceptors (Lipinski definition) is 2. The minimum Gasteiger partial charge on any atom is -0.322 e. The summed E-state index contributed by atoms with van der Waals surface area (Å²) in [5.41, 5.74) is 1.82. The molecule has 0 aromatic heterocycles. The topological polar surface area (TPSA) is 49.4 Å². The minimum absolute atomic E-state index is 0.105. The number of anilines is 2. The van der Waals surface area contributed by atoms with E-state index in [4.69, 9.17) is 0 Å². The molecule has 144 valence electrons. The SMILES string of the molecule is CC(=O)N(CC(=O)Nc1ccc(F)c(F)c1F)c1c(C)cccc1C(C)C. The first-order valence-corrected chi connectivity index (χ1v) is 8.44. The van der Waals surface area contributed by atoms with E-state index in [0.29, 0.717) is 5.69 Å². The molecule has 0 saturated carbocycles. The van der Waals surface area contributed by atoms with Gasteiger partial charge in [0.25, 0.3) is 0 Å². The van der Waals surface area contributed by atoms with Gasteiger partial charge in [-0.1, -0.05) is 32.0 Å². The highest BCUT2D eigenvalue weighted by molar-refractivity contribution is 6.02. The molecule has 0 saturated heterocycles. The monoisotopic (exact) mass is 378 g/mol. The van der Waals surface area contributed by atoms with E-state index >= 15 is 0 Å². The Bertz CT molecular complexity index is 882. The molecule has 0 heterocycles. The van der Waals surface area contributed by atoms with Crippen LogP contribution in [0, 0.1) is 24.4 Å². The average Bonchev–Trinajstić information content (AvgIpc) is 2.60. The molecule has 4 nitrogen and oxygen atoms in total. The number of para-hydroxylation sites is 1. The molecule has 0 fully saturated rings. The van der Waals surface area contributed by atoms with Gasteiger partial charge in [0.15, 0.2) is 17.5 Å². The van der Waals surface area contributed by atoms with Gasteiger partial charge in [-0.05, 0) is 36.1 Å². The van der Waals surface area contributed by atoms with E-state index < -0.39 is 35.6 Å². The standard InChI is InChI=1S/C20H21F3N2O2/c1-11(2)14-7-5-6-12(3)20(14)25(13(4)26)10-17(27)24-16-9-8-15(21)18(22)19(16)23/h5-9,11H,10H2,1-4H3,(H,24,27). The lowest BCUT2D eigenvalue weighted by Crippen LogP contribution is -2.38. The van der Waals surface area contributed by atoms with E-state index in [1.54, 1.807) is 0 Å². The molecule has 2 aromatic rings. The Kier molecular flexibility index (Phi) is 6.25. The van der Waals surface area contributed by atoms with Crippen molar-refractivity contribution in [2.45, 2.75) is 33.6 Å². The van der Waals surface area contributed by atoms with Crippen LogP contribution in [0.4, 0.5) is 24.5 Å². The van der Waals surface area contributed by atoms with Gasteiger partial charge in [0.1, 0.15) is 6.54 Å². The summed E-state index contributed by atoms with van der Waals surface area (Å²) in [6, 6.07) is 7.20. The Morgan fingerprint density at radius 2 is 1.74 bits per heavy atom. The highest BCUT2D eigenvalue weighted by Gasteiger charge is 2.23. The van der Waals surface area contributed by atoms with Crippen LogP contribution in [0.3, 0.4) is 0 Å². The average molecular weight is 378 g/mol. The van der Waals surface area contributed by atoms with Gasteiger partial charge in [-0.2, -0.15) is 0 Å². The van der Waals surface area contributed by atoms with E-state index in [1.807, 2.05) is 39.0 Å². The Labute approximate surface area is 156 Å². The number of benzene rings is 2. The van der Waals surface area contributed by atoms with Crippen LogP contribution in [0.5, 0.6) is 0 Å². The zero-order chi connectivity index (χ0) is 20.3. The Morgan fingerprint density at radius 1 is 1.07 bits per heavy atom. The number of nitrogens with one attached hydrogen (secondary N) is 1. The van der Waals surface area contributed by atoms with E-state index in [-0.39, 0.29) is 11.8 Å². The summed E-state index contributed by atoms with van der Waals surface area (Å²) < 4.78 is 40.1. The van der Waals surface area contributed by atoms with E-state index in [2.05, 4.69) is 5.32 Å². The molecule has 7 heteroatoms. The fourth-order valence-corrected chi connectivity index (χ4v) is 2.82. The van der Waals surface area contributed by atoms with Crippen LogP contribution in [0.2, 0.25) is 0 Å². The molecule has 2 aromatic carbocycles. The highest BCUT2D eigenvalue weighted by atomic mass is 19.2. The number of carbonyl (C=O) groups excluding carboxylic acids is 2. The summed E-state index contributed by atoms with van der Waals surface area (Å²) in [4.78, 5) is 25.8. The van der Waals surface area contributed by atoms with Gasteiger partial charge < -0.3 is 10.2 Å². The molecule has 0 radical (unpaired) electrons. The second-order valence-corrected chi connectivity index (χ2v) is 6.54. The van der Waals surface area contributed by atoms with Gasteiger partial charge in [-0.3, -0.25) is 9.59 Å². The van der Waals surface area contributed by atoms with Gasteiger partial charge in [-0.25, -0.2) is 13.2 Å². The molecular formula is C20H21F3N2O2. The molecular weight excluding hydrogens is 357 g/mol. The molecule has 0 atom stereocenters. The Hall–Kier alpha value is -2.83. The summed E-state index contributed by atoms with van der Waals surface area (Å²) in [6.45, 7) is 6.69. The van der Waals surface area contributed by atoms with Crippen LogP contribution in [0.1, 0.15) is 37.8 Å². The molecule has 0 aliphatic heterocycles. The summed E-state index contributed by atoms with van der Waals surface area (Å²) in [5.74, 6) is -5.50. The fourth-order valence-electron chi connectivity index (χ4n) is 2.82. The fraction of sp³-hybridized carbons (Fsp3) is 0.300. The van der Waals surface area contributed by atoms with Crippen molar-refractivity contribution in [2.75, 3.05) is 16.8 Å². The maximum Gasteiger partial charge on any atom is 0.244 e. The third-order valence-electron chi connectivity index (χ3n) is 4.15. The normalized spacial score (nSPS) is 10.8. The highest BCUT2D eigenvalue weighted by Crippen LogP contribution is 2.31. The third-order valence-corrected chi connectivity index (χ3v) is 4.15. The molecule has 0 aliphatic rings. The van der Waals surface area contributed by atoms with Gasteiger partial charge in [-0.15, -0.1) is 0 Å². The molecule has 2 rings (SSSR count). The molecule has 0 spiro atoms. The van der Waals surface area contributed by atoms with Gasteiger partial charge in [0.05, 0.1) is 11.4 Å². The quantitative estimate of drug-likeness (QED) is 0.778. The van der Waals surface area contributed by atoms with Crippen LogP contribution >= 0.6 is 0 Å². The first-order valence-electron chi connectivity index (χ1n) is 8.44. The second kappa shape index (κ2) is 8.24. The number of nitrogens with zero attached hydrogens (tertiary/aromatic N) is 1. The van der Waals surface area contributed by atoms with Crippen molar-refractivity contribution in [2.24, 2.45) is 0 Å². The van der Waals surface area contributed by atoms with Crippen LogP contribution in [-0.2, 0) is 9.59 Å². The largest absolute Gasteiger partial charge is 0.322 e. The van der Waals surface area contributed by atoms with Crippen molar-refractivity contribution in [3.8, 4) is 0 Å². The maximum absolute atomic E-state index is 13.8. The lowest BCUT2D eigenvalue weighted by Gasteiger charge is -2.27. The number of hydrogen-bond donors (Lipinski definition) is 1.